The van der Waals surface area contributed by atoms with Gasteiger partial charge in [0.1, 0.15) is 5.75 Å². The fourth-order valence-corrected chi connectivity index (χ4v) is 1.60. The monoisotopic (exact) mass is 264 g/mol. The lowest BCUT2D eigenvalue weighted by atomic mass is 10.1. The zero-order valence-electron chi connectivity index (χ0n) is 12.4. The molecule has 3 N–H and O–H groups in total. The van der Waals surface area contributed by atoms with Crippen LogP contribution in [0.4, 0.5) is 0 Å². The summed E-state index contributed by atoms with van der Waals surface area (Å²) in [5.74, 6) is 0.532. The molecule has 4 heteroatoms. The first-order valence-electron chi connectivity index (χ1n) is 6.53. The van der Waals surface area contributed by atoms with Crippen LogP contribution in [0.5, 0.6) is 5.75 Å². The number of ether oxygens (including phenoxy) is 1. The highest BCUT2D eigenvalue weighted by Crippen LogP contribution is 2.18. The fraction of sp³-hybridized carbons (Fsp3) is 0.533. The van der Waals surface area contributed by atoms with E-state index in [2.05, 4.69) is 5.32 Å². The van der Waals surface area contributed by atoms with Crippen LogP contribution in [0.3, 0.4) is 0 Å². The first-order chi connectivity index (χ1) is 8.69. The van der Waals surface area contributed by atoms with E-state index in [4.69, 9.17) is 10.5 Å². The molecule has 4 nitrogen and oxygen atoms in total. The molecular formula is C15H24N2O2. The van der Waals surface area contributed by atoms with E-state index in [9.17, 15) is 4.79 Å². The van der Waals surface area contributed by atoms with Gasteiger partial charge in [0.25, 0.3) is 5.91 Å². The number of nitrogens with two attached hydrogens (primary N) is 1. The number of carbonyl (C=O) groups is 1. The molecule has 0 aromatic heterocycles. The summed E-state index contributed by atoms with van der Waals surface area (Å²) < 4.78 is 5.65. The summed E-state index contributed by atoms with van der Waals surface area (Å²) in [7, 11) is 0. The predicted octanol–water partition coefficient (Wildman–Crippen LogP) is 2.39. The summed E-state index contributed by atoms with van der Waals surface area (Å²) in [4.78, 5) is 11.9. The smallest absolute Gasteiger partial charge is 0.261 e. The second-order valence-corrected chi connectivity index (χ2v) is 5.86. The Bertz CT molecular complexity index is 436. The molecule has 0 radical (unpaired) electrons. The Morgan fingerprint density at radius 2 is 1.95 bits per heavy atom. The second kappa shape index (κ2) is 6.06. The highest BCUT2D eigenvalue weighted by atomic mass is 16.5. The lowest BCUT2D eigenvalue weighted by Crippen LogP contribution is -2.46. The summed E-state index contributed by atoms with van der Waals surface area (Å²) in [5, 5.41) is 2.89. The third-order valence-electron chi connectivity index (χ3n) is 2.56. The lowest BCUT2D eigenvalue weighted by Gasteiger charge is -2.23. The third-order valence-corrected chi connectivity index (χ3v) is 2.56. The van der Waals surface area contributed by atoms with Crippen molar-refractivity contribution in [3.63, 3.8) is 0 Å². The molecule has 0 fully saturated rings. The van der Waals surface area contributed by atoms with Gasteiger partial charge >= 0.3 is 0 Å². The molecule has 106 valence electrons. The van der Waals surface area contributed by atoms with Crippen LogP contribution >= 0.6 is 0 Å². The third kappa shape index (κ3) is 5.30. The van der Waals surface area contributed by atoms with Crippen LogP contribution in [-0.2, 0) is 4.79 Å². The lowest BCUT2D eigenvalue weighted by molar-refractivity contribution is -0.128. The zero-order chi connectivity index (χ0) is 14.6. The van der Waals surface area contributed by atoms with E-state index in [1.807, 2.05) is 52.0 Å². The van der Waals surface area contributed by atoms with Gasteiger partial charge in [0.05, 0.1) is 0 Å². The second-order valence-electron chi connectivity index (χ2n) is 5.86. The minimum atomic E-state index is -0.539. The highest BCUT2D eigenvalue weighted by molar-refractivity contribution is 5.81. The van der Waals surface area contributed by atoms with Gasteiger partial charge in [-0.25, -0.2) is 0 Å². The van der Waals surface area contributed by atoms with Gasteiger partial charge < -0.3 is 15.8 Å². The molecule has 2 atom stereocenters. The Morgan fingerprint density at radius 1 is 1.32 bits per heavy atom. The topological polar surface area (TPSA) is 64.3 Å². The van der Waals surface area contributed by atoms with Crippen LogP contribution < -0.4 is 15.8 Å². The van der Waals surface area contributed by atoms with Crippen molar-refractivity contribution in [1.82, 2.24) is 5.32 Å². The molecule has 0 saturated carbocycles. The van der Waals surface area contributed by atoms with E-state index >= 15 is 0 Å². The average molecular weight is 264 g/mol. The number of benzene rings is 1. The molecule has 0 spiro atoms. The summed E-state index contributed by atoms with van der Waals surface area (Å²) in [5.41, 5.74) is 6.55. The van der Waals surface area contributed by atoms with Gasteiger partial charge in [-0.1, -0.05) is 12.1 Å². The summed E-state index contributed by atoms with van der Waals surface area (Å²) >= 11 is 0. The van der Waals surface area contributed by atoms with Crippen LogP contribution in [0.15, 0.2) is 24.3 Å². The van der Waals surface area contributed by atoms with Crippen molar-refractivity contribution in [2.75, 3.05) is 0 Å². The number of hydrogen-bond acceptors (Lipinski definition) is 3. The Balaban J connectivity index is 2.69. The van der Waals surface area contributed by atoms with E-state index in [1.165, 1.54) is 0 Å². The Kier molecular flexibility index (Phi) is 4.95. The van der Waals surface area contributed by atoms with Gasteiger partial charge in [0, 0.05) is 11.6 Å². The van der Waals surface area contributed by atoms with Crippen LogP contribution in [0, 0.1) is 0 Å². The van der Waals surface area contributed by atoms with Crippen molar-refractivity contribution in [3.05, 3.63) is 29.8 Å². The van der Waals surface area contributed by atoms with Crippen LogP contribution in [0.25, 0.3) is 0 Å². The molecule has 1 rings (SSSR count). The normalized spacial score (nSPS) is 14.6. The van der Waals surface area contributed by atoms with Gasteiger partial charge in [-0.05, 0) is 52.3 Å². The molecule has 0 heterocycles. The molecule has 0 aliphatic carbocycles. The summed E-state index contributed by atoms with van der Waals surface area (Å²) in [6.45, 7) is 9.46. The molecule has 0 bridgehead atoms. The molecule has 2 unspecified atom stereocenters. The van der Waals surface area contributed by atoms with Gasteiger partial charge in [0.2, 0.25) is 0 Å². The van der Waals surface area contributed by atoms with Crippen molar-refractivity contribution in [2.45, 2.75) is 52.3 Å². The maximum absolute atomic E-state index is 11.9. The maximum atomic E-state index is 11.9. The van der Waals surface area contributed by atoms with Crippen molar-refractivity contribution < 1.29 is 9.53 Å². The van der Waals surface area contributed by atoms with Crippen molar-refractivity contribution in [3.8, 4) is 5.75 Å². The van der Waals surface area contributed by atoms with E-state index in [0.29, 0.717) is 5.75 Å². The van der Waals surface area contributed by atoms with E-state index in [1.54, 1.807) is 6.92 Å². The first-order valence-corrected chi connectivity index (χ1v) is 6.53. The van der Waals surface area contributed by atoms with Crippen molar-refractivity contribution >= 4 is 5.91 Å². The number of rotatable bonds is 4. The quantitative estimate of drug-likeness (QED) is 0.877. The molecular weight excluding hydrogens is 240 g/mol. The Morgan fingerprint density at radius 3 is 2.47 bits per heavy atom. The standard InChI is InChI=1S/C15H24N2O2/c1-10(16)12-7-6-8-13(9-12)19-11(2)14(18)17-15(3,4)5/h6-11H,16H2,1-5H3,(H,17,18). The van der Waals surface area contributed by atoms with Gasteiger partial charge in [-0.15, -0.1) is 0 Å². The molecule has 19 heavy (non-hydrogen) atoms. The molecule has 1 aromatic carbocycles. The van der Waals surface area contributed by atoms with Crippen LogP contribution in [0.1, 0.15) is 46.2 Å². The predicted molar refractivity (Wildman–Crippen MR) is 77.0 cm³/mol. The summed E-state index contributed by atoms with van der Waals surface area (Å²) in [6, 6.07) is 7.46. The number of carbonyl (C=O) groups excluding carboxylic acids is 1. The van der Waals surface area contributed by atoms with Crippen LogP contribution in [0.2, 0.25) is 0 Å². The van der Waals surface area contributed by atoms with Crippen molar-refractivity contribution in [2.24, 2.45) is 5.73 Å². The molecule has 0 aliphatic rings. The molecule has 1 amide bonds. The molecule has 0 saturated heterocycles. The Hall–Kier alpha value is -1.55. The van der Waals surface area contributed by atoms with Gasteiger partial charge in [-0.3, -0.25) is 4.79 Å². The van der Waals surface area contributed by atoms with Gasteiger partial charge in [-0.2, -0.15) is 0 Å². The summed E-state index contributed by atoms with van der Waals surface area (Å²) in [6.07, 6.45) is -0.539. The number of hydrogen-bond donors (Lipinski definition) is 2. The maximum Gasteiger partial charge on any atom is 0.261 e. The molecule has 1 aromatic rings. The van der Waals surface area contributed by atoms with E-state index in [-0.39, 0.29) is 17.5 Å². The highest BCUT2D eigenvalue weighted by Gasteiger charge is 2.20. The number of amides is 1. The largest absolute Gasteiger partial charge is 0.481 e. The van der Waals surface area contributed by atoms with Crippen molar-refractivity contribution in [1.29, 1.82) is 0 Å². The Labute approximate surface area is 115 Å². The number of nitrogens with one attached hydrogen (secondary N) is 1. The van der Waals surface area contributed by atoms with Gasteiger partial charge in [0.15, 0.2) is 6.10 Å². The SMILES string of the molecule is CC(Oc1cccc(C(C)N)c1)C(=O)NC(C)(C)C. The van der Waals surface area contributed by atoms with E-state index < -0.39 is 6.10 Å². The minimum Gasteiger partial charge on any atom is -0.481 e. The van der Waals surface area contributed by atoms with Crippen LogP contribution in [-0.4, -0.2) is 17.6 Å². The average Bonchev–Trinajstić information content (AvgIpc) is 2.27. The molecule has 0 aliphatic heterocycles. The minimum absolute atomic E-state index is 0.0535. The fourth-order valence-electron chi connectivity index (χ4n) is 1.60. The van der Waals surface area contributed by atoms with E-state index in [0.717, 1.165) is 5.56 Å². The first kappa shape index (κ1) is 15.5. The zero-order valence-corrected chi connectivity index (χ0v) is 12.4.